The minimum atomic E-state index is -0.379. The van der Waals surface area contributed by atoms with Gasteiger partial charge in [0.1, 0.15) is 5.75 Å². The molecule has 0 bridgehead atoms. The van der Waals surface area contributed by atoms with E-state index < -0.39 is 0 Å². The molecule has 90 valence electrons. The van der Waals surface area contributed by atoms with Crippen LogP contribution in [-0.4, -0.2) is 18.3 Å². The van der Waals surface area contributed by atoms with Crippen molar-refractivity contribution >= 4 is 15.9 Å². The van der Waals surface area contributed by atoms with E-state index in [2.05, 4.69) is 15.9 Å². The molecule has 0 amide bonds. The van der Waals surface area contributed by atoms with E-state index in [4.69, 9.17) is 4.74 Å². The Labute approximate surface area is 106 Å². The lowest BCUT2D eigenvalue weighted by Gasteiger charge is -2.26. The Morgan fingerprint density at radius 2 is 2.00 bits per heavy atom. The van der Waals surface area contributed by atoms with Gasteiger partial charge in [-0.3, -0.25) is 0 Å². The van der Waals surface area contributed by atoms with Gasteiger partial charge in [0.15, 0.2) is 0 Å². The number of hydrogen-bond acceptors (Lipinski definition) is 2. The minimum Gasteiger partial charge on any atom is -0.496 e. The van der Waals surface area contributed by atoms with Gasteiger partial charge in [-0.1, -0.05) is 36.7 Å². The van der Waals surface area contributed by atoms with Crippen molar-refractivity contribution in [2.75, 3.05) is 7.11 Å². The summed E-state index contributed by atoms with van der Waals surface area (Å²) in [5.74, 6) is 0.825. The maximum atomic E-state index is 10.1. The van der Waals surface area contributed by atoms with Gasteiger partial charge < -0.3 is 9.84 Å². The molecule has 0 spiro atoms. The van der Waals surface area contributed by atoms with Crippen molar-refractivity contribution in [2.45, 2.75) is 33.3 Å². The number of aliphatic hydroxyl groups excluding tert-OH is 1. The number of ether oxygens (including phenoxy) is 1. The number of methoxy groups -OCH3 is 1. The van der Waals surface area contributed by atoms with Gasteiger partial charge in [-0.05, 0) is 29.2 Å². The van der Waals surface area contributed by atoms with E-state index in [0.29, 0.717) is 6.42 Å². The van der Waals surface area contributed by atoms with Crippen LogP contribution in [0.2, 0.25) is 0 Å². The number of aliphatic hydroxyl groups is 1. The summed E-state index contributed by atoms with van der Waals surface area (Å²) in [4.78, 5) is 0. The third-order valence-electron chi connectivity index (χ3n) is 2.66. The lowest BCUT2D eigenvalue weighted by molar-refractivity contribution is 0.0631. The average Bonchev–Trinajstić information content (AvgIpc) is 2.16. The third kappa shape index (κ3) is 3.49. The van der Waals surface area contributed by atoms with Crippen molar-refractivity contribution in [3.8, 4) is 5.75 Å². The zero-order chi connectivity index (χ0) is 12.3. The van der Waals surface area contributed by atoms with Crippen LogP contribution in [0.3, 0.4) is 0 Å². The van der Waals surface area contributed by atoms with Crippen molar-refractivity contribution in [3.63, 3.8) is 0 Å². The van der Waals surface area contributed by atoms with Crippen LogP contribution in [-0.2, 0) is 6.42 Å². The summed E-state index contributed by atoms with van der Waals surface area (Å²) in [6.45, 7) is 6.09. The van der Waals surface area contributed by atoms with Crippen molar-refractivity contribution in [3.05, 3.63) is 28.2 Å². The van der Waals surface area contributed by atoms with Crippen LogP contribution >= 0.6 is 15.9 Å². The standard InChI is InChI=1S/C13H19BrO2/c1-13(2,3)12(15)8-9-7-10(14)5-6-11(9)16-4/h5-7,12,15H,8H2,1-4H3. The smallest absolute Gasteiger partial charge is 0.122 e. The molecular weight excluding hydrogens is 268 g/mol. The summed E-state index contributed by atoms with van der Waals surface area (Å²) in [5.41, 5.74) is 0.909. The summed E-state index contributed by atoms with van der Waals surface area (Å²) in [6, 6.07) is 5.84. The molecule has 0 aliphatic carbocycles. The van der Waals surface area contributed by atoms with Crippen LogP contribution in [0.4, 0.5) is 0 Å². The Morgan fingerprint density at radius 1 is 1.38 bits per heavy atom. The first-order valence-corrected chi connectivity index (χ1v) is 6.14. The SMILES string of the molecule is COc1ccc(Br)cc1CC(O)C(C)(C)C. The predicted molar refractivity (Wildman–Crippen MR) is 69.9 cm³/mol. The zero-order valence-corrected chi connectivity index (χ0v) is 11.8. The van der Waals surface area contributed by atoms with Crippen LogP contribution in [0.15, 0.2) is 22.7 Å². The fourth-order valence-corrected chi connectivity index (χ4v) is 1.83. The summed E-state index contributed by atoms with van der Waals surface area (Å²) in [5, 5.41) is 10.1. The second-order valence-electron chi connectivity index (χ2n) is 5.04. The molecule has 1 atom stereocenters. The Morgan fingerprint density at radius 3 is 2.50 bits per heavy atom. The predicted octanol–water partition coefficient (Wildman–Crippen LogP) is 3.41. The van der Waals surface area contributed by atoms with Gasteiger partial charge >= 0.3 is 0 Å². The van der Waals surface area contributed by atoms with E-state index in [9.17, 15) is 5.11 Å². The highest BCUT2D eigenvalue weighted by Gasteiger charge is 2.23. The second-order valence-corrected chi connectivity index (χ2v) is 5.96. The van der Waals surface area contributed by atoms with E-state index >= 15 is 0 Å². The van der Waals surface area contributed by atoms with Crippen LogP contribution in [0.1, 0.15) is 26.3 Å². The Balaban J connectivity index is 2.91. The molecule has 0 radical (unpaired) electrons. The topological polar surface area (TPSA) is 29.5 Å². The lowest BCUT2D eigenvalue weighted by atomic mass is 9.85. The van der Waals surface area contributed by atoms with Gasteiger partial charge in [-0.2, -0.15) is 0 Å². The molecule has 1 unspecified atom stereocenters. The number of halogens is 1. The van der Waals surface area contributed by atoms with Gasteiger partial charge in [-0.15, -0.1) is 0 Å². The van der Waals surface area contributed by atoms with E-state index in [1.54, 1.807) is 7.11 Å². The van der Waals surface area contributed by atoms with Crippen LogP contribution in [0.25, 0.3) is 0 Å². The molecule has 1 aromatic rings. The maximum absolute atomic E-state index is 10.1. The van der Waals surface area contributed by atoms with Crippen LogP contribution < -0.4 is 4.74 Å². The van der Waals surface area contributed by atoms with Gasteiger partial charge in [-0.25, -0.2) is 0 Å². The van der Waals surface area contributed by atoms with Crippen molar-refractivity contribution < 1.29 is 9.84 Å². The average molecular weight is 287 g/mol. The highest BCUT2D eigenvalue weighted by Crippen LogP contribution is 2.28. The number of hydrogen-bond donors (Lipinski definition) is 1. The van der Waals surface area contributed by atoms with E-state index in [1.165, 1.54) is 0 Å². The normalized spacial score (nSPS) is 13.6. The largest absolute Gasteiger partial charge is 0.496 e. The summed E-state index contributed by atoms with van der Waals surface area (Å²) < 4.78 is 6.29. The number of benzene rings is 1. The highest BCUT2D eigenvalue weighted by molar-refractivity contribution is 9.10. The molecule has 1 aromatic carbocycles. The fraction of sp³-hybridized carbons (Fsp3) is 0.538. The van der Waals surface area contributed by atoms with Gasteiger partial charge in [0.25, 0.3) is 0 Å². The highest BCUT2D eigenvalue weighted by atomic mass is 79.9. The first-order chi connectivity index (χ1) is 7.34. The molecule has 0 saturated heterocycles. The first-order valence-electron chi connectivity index (χ1n) is 5.35. The minimum absolute atomic E-state index is 0.118. The van der Waals surface area contributed by atoms with Crippen LogP contribution in [0.5, 0.6) is 5.75 Å². The first kappa shape index (κ1) is 13.5. The Bertz CT molecular complexity index is 355. The molecule has 0 saturated carbocycles. The molecule has 0 heterocycles. The summed E-state index contributed by atoms with van der Waals surface area (Å²) in [7, 11) is 1.65. The van der Waals surface area contributed by atoms with Crippen LogP contribution in [0, 0.1) is 5.41 Å². The van der Waals surface area contributed by atoms with E-state index in [1.807, 2.05) is 39.0 Å². The molecule has 0 aromatic heterocycles. The Hall–Kier alpha value is -0.540. The molecule has 0 aliphatic heterocycles. The summed E-state index contributed by atoms with van der Waals surface area (Å²) in [6.07, 6.45) is 0.224. The molecular formula is C13H19BrO2. The molecule has 1 N–H and O–H groups in total. The van der Waals surface area contributed by atoms with Crippen molar-refractivity contribution in [1.82, 2.24) is 0 Å². The Kier molecular flexibility index (Phi) is 4.39. The fourth-order valence-electron chi connectivity index (χ4n) is 1.42. The van der Waals surface area contributed by atoms with Gasteiger partial charge in [0.2, 0.25) is 0 Å². The monoisotopic (exact) mass is 286 g/mol. The third-order valence-corrected chi connectivity index (χ3v) is 3.15. The zero-order valence-electron chi connectivity index (χ0n) is 10.2. The summed E-state index contributed by atoms with van der Waals surface area (Å²) >= 11 is 3.43. The van der Waals surface area contributed by atoms with Crippen molar-refractivity contribution in [2.24, 2.45) is 5.41 Å². The molecule has 0 fully saturated rings. The molecule has 3 heteroatoms. The number of rotatable bonds is 3. The lowest BCUT2D eigenvalue weighted by Crippen LogP contribution is -2.28. The molecule has 2 nitrogen and oxygen atoms in total. The molecule has 1 rings (SSSR count). The van der Waals surface area contributed by atoms with Crippen molar-refractivity contribution in [1.29, 1.82) is 0 Å². The quantitative estimate of drug-likeness (QED) is 0.923. The van der Waals surface area contributed by atoms with Gasteiger partial charge in [0.05, 0.1) is 13.2 Å². The van der Waals surface area contributed by atoms with E-state index in [0.717, 1.165) is 15.8 Å². The maximum Gasteiger partial charge on any atom is 0.122 e. The molecule has 0 aliphatic rings. The second kappa shape index (κ2) is 5.19. The van der Waals surface area contributed by atoms with E-state index in [-0.39, 0.29) is 11.5 Å². The molecule has 16 heavy (non-hydrogen) atoms. The van der Waals surface area contributed by atoms with Gasteiger partial charge in [0, 0.05) is 10.9 Å².